The van der Waals surface area contributed by atoms with Crippen LogP contribution in [0.4, 0.5) is 8.78 Å². The number of hydrogen-bond acceptors (Lipinski definition) is 5. The fraction of sp³-hybridized carbons (Fsp3) is 0.609. The molecule has 1 amide bonds. The lowest BCUT2D eigenvalue weighted by molar-refractivity contribution is -0.132. The second-order valence-corrected chi connectivity index (χ2v) is 8.78. The number of carbonyl (C=O) groups excluding carboxylic acids is 1. The van der Waals surface area contributed by atoms with E-state index in [0.29, 0.717) is 19.0 Å². The van der Waals surface area contributed by atoms with Crippen LogP contribution in [0.2, 0.25) is 0 Å². The molecule has 7 nitrogen and oxygen atoms in total. The van der Waals surface area contributed by atoms with Gasteiger partial charge in [0.2, 0.25) is 5.91 Å². The summed E-state index contributed by atoms with van der Waals surface area (Å²) in [5.74, 6) is 2.65. The number of carbonyl (C=O) groups is 1. The quantitative estimate of drug-likeness (QED) is 0.651. The Kier molecular flexibility index (Phi) is 7.34. The van der Waals surface area contributed by atoms with E-state index >= 15 is 0 Å². The van der Waals surface area contributed by atoms with Crippen LogP contribution >= 0.6 is 0 Å². The summed E-state index contributed by atoms with van der Waals surface area (Å²) in [7, 11) is 1.77. The maximum absolute atomic E-state index is 12.8. The van der Waals surface area contributed by atoms with Crippen LogP contribution < -0.4 is 4.74 Å². The third-order valence-electron chi connectivity index (χ3n) is 6.36. The Bertz CT molecular complexity index is 902. The standard InChI is InChI=1S/C23H31F2N5O2/c1-28(14-17-8-10-19(11-9-17)32-23(24)25)21(31)16-29-12-5-6-18(15-29)22-27-26-20-7-3-2-4-13-30(20)22/h8-11,18,23H,2-7,12-16H2,1H3. The normalized spacial score (nSPS) is 19.4. The first-order valence-corrected chi connectivity index (χ1v) is 11.4. The van der Waals surface area contributed by atoms with E-state index in [-0.39, 0.29) is 11.7 Å². The Morgan fingerprint density at radius 3 is 2.75 bits per heavy atom. The number of aryl methyl sites for hydroxylation is 1. The molecule has 174 valence electrons. The van der Waals surface area contributed by atoms with Crippen molar-refractivity contribution in [1.82, 2.24) is 24.6 Å². The van der Waals surface area contributed by atoms with E-state index in [4.69, 9.17) is 0 Å². The van der Waals surface area contributed by atoms with E-state index in [1.54, 1.807) is 24.1 Å². The number of amides is 1. The SMILES string of the molecule is CN(Cc1ccc(OC(F)F)cc1)C(=O)CN1CCCC(c2nnc3n2CCCCC3)C1. The lowest BCUT2D eigenvalue weighted by atomic mass is 9.97. The first kappa shape index (κ1) is 22.6. The Balaban J connectivity index is 1.31. The fourth-order valence-electron chi connectivity index (χ4n) is 4.67. The van der Waals surface area contributed by atoms with E-state index in [1.165, 1.54) is 31.4 Å². The number of likely N-dealkylation sites (tertiary alicyclic amines) is 1. The predicted molar refractivity (Wildman–Crippen MR) is 116 cm³/mol. The summed E-state index contributed by atoms with van der Waals surface area (Å²) in [5.41, 5.74) is 0.866. The molecule has 1 fully saturated rings. The molecule has 0 bridgehead atoms. The molecule has 4 rings (SSSR count). The van der Waals surface area contributed by atoms with Crippen molar-refractivity contribution in [3.05, 3.63) is 41.5 Å². The van der Waals surface area contributed by atoms with Crippen molar-refractivity contribution in [2.45, 2.75) is 64.1 Å². The van der Waals surface area contributed by atoms with Crippen LogP contribution in [0.5, 0.6) is 5.75 Å². The number of halogens is 2. The number of nitrogens with zero attached hydrogens (tertiary/aromatic N) is 5. The highest BCUT2D eigenvalue weighted by Crippen LogP contribution is 2.28. The van der Waals surface area contributed by atoms with Crippen LogP contribution in [0.3, 0.4) is 0 Å². The van der Waals surface area contributed by atoms with E-state index in [9.17, 15) is 13.6 Å². The lowest BCUT2D eigenvalue weighted by Crippen LogP contribution is -2.42. The highest BCUT2D eigenvalue weighted by Gasteiger charge is 2.28. The zero-order chi connectivity index (χ0) is 22.5. The van der Waals surface area contributed by atoms with E-state index < -0.39 is 6.61 Å². The van der Waals surface area contributed by atoms with Crippen molar-refractivity contribution in [3.8, 4) is 5.75 Å². The molecule has 2 aliphatic heterocycles. The average molecular weight is 448 g/mol. The Hall–Kier alpha value is -2.55. The van der Waals surface area contributed by atoms with Gasteiger partial charge in [0.05, 0.1) is 6.54 Å². The lowest BCUT2D eigenvalue weighted by Gasteiger charge is -2.33. The van der Waals surface area contributed by atoms with Gasteiger partial charge in [-0.25, -0.2) is 0 Å². The van der Waals surface area contributed by atoms with Gasteiger partial charge >= 0.3 is 6.61 Å². The summed E-state index contributed by atoms with van der Waals surface area (Å²) in [6, 6.07) is 6.40. The predicted octanol–water partition coefficient (Wildman–Crippen LogP) is 3.44. The highest BCUT2D eigenvalue weighted by atomic mass is 19.3. The first-order valence-electron chi connectivity index (χ1n) is 11.4. The zero-order valence-corrected chi connectivity index (χ0v) is 18.6. The number of alkyl halides is 2. The molecule has 2 aliphatic rings. The van der Waals surface area contributed by atoms with E-state index in [0.717, 1.165) is 56.1 Å². The van der Waals surface area contributed by atoms with Crippen molar-refractivity contribution in [1.29, 1.82) is 0 Å². The smallest absolute Gasteiger partial charge is 0.387 e. The van der Waals surface area contributed by atoms with E-state index in [1.807, 2.05) is 0 Å². The molecule has 3 heterocycles. The zero-order valence-electron chi connectivity index (χ0n) is 18.6. The summed E-state index contributed by atoms with van der Waals surface area (Å²) in [6.07, 6.45) is 6.70. The number of likely N-dealkylation sites (N-methyl/N-ethyl adjacent to an activating group) is 1. The molecule has 2 aromatic rings. The topological polar surface area (TPSA) is 63.5 Å². The third-order valence-corrected chi connectivity index (χ3v) is 6.36. The average Bonchev–Trinajstić information content (AvgIpc) is 3.03. The molecular formula is C23H31F2N5O2. The number of fused-ring (bicyclic) bond motifs is 1. The maximum Gasteiger partial charge on any atom is 0.387 e. The van der Waals surface area contributed by atoms with Crippen molar-refractivity contribution in [2.75, 3.05) is 26.7 Å². The monoisotopic (exact) mass is 447 g/mol. The van der Waals surface area contributed by atoms with Crippen LogP contribution in [0.25, 0.3) is 0 Å². The molecule has 1 aromatic carbocycles. The third kappa shape index (κ3) is 5.62. The summed E-state index contributed by atoms with van der Waals surface area (Å²) in [4.78, 5) is 16.7. The van der Waals surface area contributed by atoms with Gasteiger partial charge in [-0.15, -0.1) is 10.2 Å². The van der Waals surface area contributed by atoms with Crippen LogP contribution in [0, 0.1) is 0 Å². The highest BCUT2D eigenvalue weighted by molar-refractivity contribution is 5.78. The molecule has 32 heavy (non-hydrogen) atoms. The maximum atomic E-state index is 12.8. The Morgan fingerprint density at radius 1 is 1.16 bits per heavy atom. The number of hydrogen-bond donors (Lipinski definition) is 0. The van der Waals surface area contributed by atoms with Crippen molar-refractivity contribution in [2.24, 2.45) is 0 Å². The van der Waals surface area contributed by atoms with Gasteiger partial charge in [-0.3, -0.25) is 9.69 Å². The summed E-state index contributed by atoms with van der Waals surface area (Å²) in [6.45, 7) is 0.653. The van der Waals surface area contributed by atoms with Crippen molar-refractivity contribution < 1.29 is 18.3 Å². The minimum atomic E-state index is -2.84. The molecule has 1 atom stereocenters. The van der Waals surface area contributed by atoms with Crippen molar-refractivity contribution >= 4 is 5.91 Å². The minimum absolute atomic E-state index is 0.0404. The van der Waals surface area contributed by atoms with Gasteiger partial charge in [0.15, 0.2) is 0 Å². The second-order valence-electron chi connectivity index (χ2n) is 8.78. The Morgan fingerprint density at radius 2 is 1.97 bits per heavy atom. The summed E-state index contributed by atoms with van der Waals surface area (Å²) in [5, 5.41) is 8.97. The molecule has 0 radical (unpaired) electrons. The Labute approximate surface area is 187 Å². The number of rotatable bonds is 7. The largest absolute Gasteiger partial charge is 0.435 e. The molecule has 0 aliphatic carbocycles. The van der Waals surface area contributed by atoms with Crippen LogP contribution in [0.1, 0.15) is 55.2 Å². The first-order chi connectivity index (χ1) is 15.5. The summed E-state index contributed by atoms with van der Waals surface area (Å²) < 4.78 is 31.3. The van der Waals surface area contributed by atoms with Gasteiger partial charge < -0.3 is 14.2 Å². The van der Waals surface area contributed by atoms with Gasteiger partial charge in [-0.05, 0) is 49.9 Å². The molecule has 1 aromatic heterocycles. The number of ether oxygens (including phenoxy) is 1. The number of benzene rings is 1. The molecule has 1 unspecified atom stereocenters. The van der Waals surface area contributed by atoms with E-state index in [2.05, 4.69) is 24.4 Å². The molecule has 9 heteroatoms. The van der Waals surface area contributed by atoms with Crippen LogP contribution in [0.15, 0.2) is 24.3 Å². The summed E-state index contributed by atoms with van der Waals surface area (Å²) >= 11 is 0. The molecule has 0 saturated carbocycles. The van der Waals surface area contributed by atoms with Gasteiger partial charge in [-0.1, -0.05) is 18.6 Å². The number of piperidine rings is 1. The van der Waals surface area contributed by atoms with Gasteiger partial charge in [0.1, 0.15) is 17.4 Å². The molecule has 1 saturated heterocycles. The second kappa shape index (κ2) is 10.4. The molecular weight excluding hydrogens is 416 g/mol. The van der Waals surface area contributed by atoms with Gasteiger partial charge in [0.25, 0.3) is 0 Å². The minimum Gasteiger partial charge on any atom is -0.435 e. The fourth-order valence-corrected chi connectivity index (χ4v) is 4.67. The number of aromatic nitrogens is 3. The van der Waals surface area contributed by atoms with Crippen LogP contribution in [-0.2, 0) is 24.3 Å². The van der Waals surface area contributed by atoms with Crippen LogP contribution in [-0.4, -0.2) is 63.8 Å². The van der Waals surface area contributed by atoms with Crippen molar-refractivity contribution in [3.63, 3.8) is 0 Å². The van der Waals surface area contributed by atoms with Gasteiger partial charge in [0, 0.05) is 39.0 Å². The van der Waals surface area contributed by atoms with Gasteiger partial charge in [-0.2, -0.15) is 8.78 Å². The molecule has 0 spiro atoms. The molecule has 0 N–H and O–H groups in total.